The van der Waals surface area contributed by atoms with Gasteiger partial charge in [0.2, 0.25) is 5.71 Å². The summed E-state index contributed by atoms with van der Waals surface area (Å²) >= 11 is 0. The Hall–Kier alpha value is -2.19. The van der Waals surface area contributed by atoms with E-state index in [4.69, 9.17) is 4.52 Å². The standard InChI is InChI=1S/C20H23N2O2P/c1-2-3-7-16-11-13-17(14-12-16)18-8-6-15-22(21-18)19-9-4-5-10-20(19)24-25-23/h4-5,9-14H,2-3,6-8,15H2,1H3/p+1. The van der Waals surface area contributed by atoms with Crippen molar-refractivity contribution in [1.29, 1.82) is 0 Å². The van der Waals surface area contributed by atoms with Crippen molar-refractivity contribution in [1.82, 2.24) is 0 Å². The van der Waals surface area contributed by atoms with E-state index in [1.807, 2.05) is 24.3 Å². The number of anilines is 1. The molecule has 0 atom stereocenters. The van der Waals surface area contributed by atoms with Crippen LogP contribution in [0.4, 0.5) is 5.69 Å². The Bertz CT molecular complexity index is 744. The van der Waals surface area contributed by atoms with Gasteiger partial charge in [0, 0.05) is 12.0 Å². The van der Waals surface area contributed by atoms with E-state index in [-0.39, 0.29) is 8.69 Å². The lowest BCUT2D eigenvalue weighted by atomic mass is 10.0. The third-order valence-electron chi connectivity index (χ3n) is 4.49. The molecule has 2 aromatic rings. The van der Waals surface area contributed by atoms with Crippen molar-refractivity contribution in [3.63, 3.8) is 0 Å². The fraction of sp³-hybridized carbons (Fsp3) is 0.350. The number of hydrazone groups is 1. The van der Waals surface area contributed by atoms with E-state index < -0.39 is 0 Å². The number of hydrogen-bond acceptors (Lipinski definition) is 3. The molecular formula is C20H24N2O2P+. The van der Waals surface area contributed by atoms with Crippen molar-refractivity contribution in [3.05, 3.63) is 59.7 Å². The number of benzene rings is 2. The average molecular weight is 355 g/mol. The number of hydrazine groups is 1. The zero-order valence-electron chi connectivity index (χ0n) is 14.6. The molecule has 4 nitrogen and oxygen atoms in total. The van der Waals surface area contributed by atoms with Gasteiger partial charge in [-0.25, -0.2) is 4.57 Å². The quantitative estimate of drug-likeness (QED) is 0.770. The molecule has 0 spiro atoms. The summed E-state index contributed by atoms with van der Waals surface area (Å²) < 4.78 is 16.0. The smallest absolute Gasteiger partial charge is 0.395 e. The number of nitrogens with zero attached hydrogens (tertiary/aromatic N) is 1. The molecule has 0 saturated heterocycles. The second kappa shape index (κ2) is 8.77. The Morgan fingerprint density at radius 2 is 1.96 bits per heavy atom. The van der Waals surface area contributed by atoms with Gasteiger partial charge in [0.15, 0.2) is 5.75 Å². The lowest BCUT2D eigenvalue weighted by Gasteiger charge is -2.20. The van der Waals surface area contributed by atoms with E-state index in [0.717, 1.165) is 31.5 Å². The van der Waals surface area contributed by atoms with Crippen LogP contribution in [0.3, 0.4) is 0 Å². The van der Waals surface area contributed by atoms with E-state index in [2.05, 4.69) is 41.3 Å². The molecule has 1 heterocycles. The molecule has 0 amide bonds. The second-order valence-corrected chi connectivity index (χ2v) is 6.61. The van der Waals surface area contributed by atoms with Crippen molar-refractivity contribution < 1.29 is 14.2 Å². The highest BCUT2D eigenvalue weighted by molar-refractivity contribution is 7.17. The maximum absolute atomic E-state index is 10.8. The van der Waals surface area contributed by atoms with Crippen LogP contribution in [-0.2, 0) is 11.0 Å². The fourth-order valence-electron chi connectivity index (χ4n) is 3.13. The van der Waals surface area contributed by atoms with Crippen molar-refractivity contribution in [3.8, 4) is 5.75 Å². The minimum absolute atomic E-state index is 0.337. The number of para-hydroxylation sites is 2. The third-order valence-corrected chi connectivity index (χ3v) is 4.76. The summed E-state index contributed by atoms with van der Waals surface area (Å²) in [6, 6.07) is 16.5. The van der Waals surface area contributed by atoms with Gasteiger partial charge < -0.3 is 4.52 Å². The summed E-state index contributed by atoms with van der Waals surface area (Å²) in [6.45, 7) is 3.10. The molecule has 0 fully saturated rings. The van der Waals surface area contributed by atoms with Crippen LogP contribution < -0.4 is 14.6 Å². The fourth-order valence-corrected chi connectivity index (χ4v) is 3.36. The molecule has 3 rings (SSSR count). The number of aryl methyl sites for hydroxylation is 1. The Morgan fingerprint density at radius 1 is 1.16 bits per heavy atom. The average Bonchev–Trinajstić information content (AvgIpc) is 2.67. The molecular weight excluding hydrogens is 331 g/mol. The molecule has 2 aromatic carbocycles. The minimum Gasteiger partial charge on any atom is -0.405 e. The highest BCUT2D eigenvalue weighted by Gasteiger charge is 2.23. The first-order valence-electron chi connectivity index (χ1n) is 8.90. The summed E-state index contributed by atoms with van der Waals surface area (Å²) in [5.74, 6) is 0.614. The van der Waals surface area contributed by atoms with Crippen molar-refractivity contribution in [2.24, 2.45) is 0 Å². The molecule has 1 aliphatic rings. The molecule has 0 saturated carbocycles. The van der Waals surface area contributed by atoms with Crippen LogP contribution in [0, 0.1) is 0 Å². The molecule has 25 heavy (non-hydrogen) atoms. The molecule has 0 unspecified atom stereocenters. The van der Waals surface area contributed by atoms with Gasteiger partial charge in [0.25, 0.3) is 0 Å². The van der Waals surface area contributed by atoms with E-state index in [1.54, 1.807) is 0 Å². The molecule has 1 N–H and O–H groups in total. The lowest BCUT2D eigenvalue weighted by molar-refractivity contribution is -0.477. The van der Waals surface area contributed by atoms with Crippen molar-refractivity contribution in [2.75, 3.05) is 11.6 Å². The van der Waals surface area contributed by atoms with Gasteiger partial charge in [-0.15, -0.1) is 5.10 Å². The van der Waals surface area contributed by atoms with Gasteiger partial charge in [0.05, 0.1) is 6.54 Å². The first-order chi connectivity index (χ1) is 12.3. The van der Waals surface area contributed by atoms with Gasteiger partial charge in [0.1, 0.15) is 5.69 Å². The molecule has 0 aromatic heterocycles. The SMILES string of the molecule is CCCCc1ccc(C2=[NH+]N(c3ccccc3OP=O)CCC2)cc1. The topological polar surface area (TPSA) is 43.5 Å². The first kappa shape index (κ1) is 17.6. The monoisotopic (exact) mass is 355 g/mol. The maximum Gasteiger partial charge on any atom is 0.395 e. The predicted octanol–water partition coefficient (Wildman–Crippen LogP) is 3.70. The largest absolute Gasteiger partial charge is 0.405 e. The van der Waals surface area contributed by atoms with Gasteiger partial charge in [-0.2, -0.15) is 5.01 Å². The lowest BCUT2D eigenvalue weighted by Crippen LogP contribution is -2.87. The van der Waals surface area contributed by atoms with E-state index >= 15 is 0 Å². The number of unbranched alkanes of at least 4 members (excludes halogenated alkanes) is 1. The van der Waals surface area contributed by atoms with Crippen molar-refractivity contribution >= 4 is 20.1 Å². The van der Waals surface area contributed by atoms with Gasteiger partial charge in [-0.05, 0) is 49.1 Å². The highest BCUT2D eigenvalue weighted by Crippen LogP contribution is 2.28. The predicted molar refractivity (Wildman–Crippen MR) is 101 cm³/mol. The molecule has 0 aliphatic carbocycles. The van der Waals surface area contributed by atoms with Crippen LogP contribution in [0.15, 0.2) is 48.5 Å². The molecule has 5 heteroatoms. The summed E-state index contributed by atoms with van der Waals surface area (Å²) in [5.41, 5.74) is 4.74. The molecule has 0 radical (unpaired) electrons. The van der Waals surface area contributed by atoms with Gasteiger partial charge in [-0.3, -0.25) is 0 Å². The normalized spacial score (nSPS) is 14.4. The van der Waals surface area contributed by atoms with Crippen LogP contribution >= 0.6 is 8.69 Å². The summed E-state index contributed by atoms with van der Waals surface area (Å²) in [5, 5.41) is 5.59. The first-order valence-corrected chi connectivity index (χ1v) is 9.63. The van der Waals surface area contributed by atoms with Gasteiger partial charge in [-0.1, -0.05) is 37.6 Å². The summed E-state index contributed by atoms with van der Waals surface area (Å²) in [6.07, 6.45) is 5.68. The van der Waals surface area contributed by atoms with E-state index in [9.17, 15) is 4.57 Å². The minimum atomic E-state index is -0.337. The second-order valence-electron chi connectivity index (χ2n) is 6.28. The van der Waals surface area contributed by atoms with Crippen LogP contribution in [0.2, 0.25) is 0 Å². The highest BCUT2D eigenvalue weighted by atomic mass is 31.1. The zero-order chi connectivity index (χ0) is 17.5. The van der Waals surface area contributed by atoms with Crippen molar-refractivity contribution in [2.45, 2.75) is 39.0 Å². The van der Waals surface area contributed by atoms with Crippen LogP contribution in [0.25, 0.3) is 0 Å². The van der Waals surface area contributed by atoms with E-state index in [0.29, 0.717) is 5.75 Å². The Kier molecular flexibility index (Phi) is 6.19. The number of nitrogens with one attached hydrogen (secondary N) is 1. The Labute approximate surface area is 150 Å². The van der Waals surface area contributed by atoms with Crippen LogP contribution in [-0.4, -0.2) is 12.3 Å². The summed E-state index contributed by atoms with van der Waals surface area (Å²) in [4.78, 5) is 0. The molecule has 1 aliphatic heterocycles. The van der Waals surface area contributed by atoms with Crippen LogP contribution in [0.1, 0.15) is 43.7 Å². The Balaban J connectivity index is 1.82. The van der Waals surface area contributed by atoms with E-state index in [1.165, 1.54) is 29.7 Å². The zero-order valence-corrected chi connectivity index (χ0v) is 15.5. The summed E-state index contributed by atoms with van der Waals surface area (Å²) in [7, 11) is -0.337. The van der Waals surface area contributed by atoms with Crippen LogP contribution in [0.5, 0.6) is 5.75 Å². The number of hydrogen-bond donors (Lipinski definition) is 1. The number of rotatable bonds is 7. The van der Waals surface area contributed by atoms with Gasteiger partial charge >= 0.3 is 8.69 Å². The third kappa shape index (κ3) is 4.46. The Morgan fingerprint density at radius 3 is 2.72 bits per heavy atom. The molecule has 0 bridgehead atoms. The maximum atomic E-state index is 10.8. The molecule has 130 valence electrons.